The van der Waals surface area contributed by atoms with Gasteiger partial charge in [-0.1, -0.05) is 24.3 Å². The number of nitrogens with zero attached hydrogens (tertiary/aromatic N) is 2. The van der Waals surface area contributed by atoms with Crippen molar-refractivity contribution in [2.24, 2.45) is 0 Å². The number of hydrogen-bond donors (Lipinski definition) is 2. The van der Waals surface area contributed by atoms with E-state index in [4.69, 9.17) is 4.74 Å². The molecule has 0 aliphatic carbocycles. The molecule has 0 bridgehead atoms. The molecule has 3 aromatic rings. The van der Waals surface area contributed by atoms with Crippen LogP contribution in [-0.4, -0.2) is 26.7 Å². The van der Waals surface area contributed by atoms with Crippen molar-refractivity contribution >= 4 is 23.0 Å². The van der Waals surface area contributed by atoms with E-state index in [0.717, 1.165) is 16.6 Å². The van der Waals surface area contributed by atoms with Crippen molar-refractivity contribution in [3.8, 4) is 5.75 Å². The zero-order valence-electron chi connectivity index (χ0n) is 15.4. The molecule has 2 aromatic carbocycles. The van der Waals surface area contributed by atoms with Gasteiger partial charge in [-0.2, -0.15) is 0 Å². The Morgan fingerprint density at radius 3 is 2.59 bits per heavy atom. The standard InChI is InChI=1S/C21H21N3O3/c1-12(2)27-20(26)18-13(3)22-21-23-16-6-4-5-7-17(16)24(21)19(18)14-8-10-15(25)11-9-14/h4-12,19,25H,1-3H3,(H,22,23)/t19-/m1/s1. The second-order valence-electron chi connectivity index (χ2n) is 6.91. The number of aromatic nitrogens is 2. The lowest BCUT2D eigenvalue weighted by atomic mass is 9.95. The number of para-hydroxylation sites is 2. The maximum absolute atomic E-state index is 12.9. The number of hydrogen-bond acceptors (Lipinski definition) is 5. The van der Waals surface area contributed by atoms with Crippen molar-refractivity contribution in [3.63, 3.8) is 0 Å². The van der Waals surface area contributed by atoms with Crippen LogP contribution in [0.15, 0.2) is 59.8 Å². The fourth-order valence-corrected chi connectivity index (χ4v) is 3.48. The maximum Gasteiger partial charge on any atom is 0.338 e. The number of fused-ring (bicyclic) bond motifs is 3. The SMILES string of the molecule is CC1=C(C(=O)OC(C)C)[C@@H](c2ccc(O)cc2)n2c(nc3ccccc32)N1. The number of aromatic hydroxyl groups is 1. The number of phenols is 1. The summed E-state index contributed by atoms with van der Waals surface area (Å²) in [5.74, 6) is 0.486. The number of carbonyl (C=O) groups excluding carboxylic acids is 1. The Kier molecular flexibility index (Phi) is 4.11. The summed E-state index contributed by atoms with van der Waals surface area (Å²) in [6, 6.07) is 14.3. The van der Waals surface area contributed by atoms with E-state index in [9.17, 15) is 9.90 Å². The summed E-state index contributed by atoms with van der Waals surface area (Å²) in [6.07, 6.45) is -0.223. The third-order valence-corrected chi connectivity index (χ3v) is 4.60. The van der Waals surface area contributed by atoms with Gasteiger partial charge in [0, 0.05) is 5.70 Å². The van der Waals surface area contributed by atoms with Crippen LogP contribution in [0.4, 0.5) is 5.95 Å². The van der Waals surface area contributed by atoms with Crippen LogP contribution in [0.2, 0.25) is 0 Å². The van der Waals surface area contributed by atoms with Crippen molar-refractivity contribution in [3.05, 3.63) is 65.4 Å². The number of ether oxygens (including phenoxy) is 1. The van der Waals surface area contributed by atoms with Crippen LogP contribution in [0, 0.1) is 0 Å². The average Bonchev–Trinajstić information content (AvgIpc) is 2.98. The van der Waals surface area contributed by atoms with E-state index in [1.807, 2.05) is 61.7 Å². The van der Waals surface area contributed by atoms with Gasteiger partial charge in [0.25, 0.3) is 0 Å². The van der Waals surface area contributed by atoms with Crippen LogP contribution >= 0.6 is 0 Å². The van der Waals surface area contributed by atoms with Gasteiger partial charge in [0.05, 0.1) is 28.8 Å². The molecule has 1 aromatic heterocycles. The number of nitrogens with one attached hydrogen (secondary N) is 1. The topological polar surface area (TPSA) is 76.4 Å². The van der Waals surface area contributed by atoms with Gasteiger partial charge < -0.3 is 15.2 Å². The Bertz CT molecular complexity index is 1050. The lowest BCUT2D eigenvalue weighted by Gasteiger charge is -2.30. The van der Waals surface area contributed by atoms with Crippen molar-refractivity contribution in [2.75, 3.05) is 5.32 Å². The number of esters is 1. The lowest BCUT2D eigenvalue weighted by Crippen LogP contribution is -2.29. The van der Waals surface area contributed by atoms with Gasteiger partial charge in [0.15, 0.2) is 0 Å². The molecule has 1 atom stereocenters. The molecule has 0 amide bonds. The maximum atomic E-state index is 12.9. The molecule has 27 heavy (non-hydrogen) atoms. The highest BCUT2D eigenvalue weighted by Gasteiger charge is 2.35. The molecule has 0 saturated carbocycles. The number of allylic oxidation sites excluding steroid dienone is 1. The summed E-state index contributed by atoms with van der Waals surface area (Å²) in [6.45, 7) is 5.52. The van der Waals surface area contributed by atoms with Gasteiger partial charge in [-0.25, -0.2) is 9.78 Å². The number of anilines is 1. The molecular weight excluding hydrogens is 342 g/mol. The molecule has 6 nitrogen and oxygen atoms in total. The molecule has 0 unspecified atom stereocenters. The first-order valence-corrected chi connectivity index (χ1v) is 8.90. The van der Waals surface area contributed by atoms with Crippen molar-refractivity contribution in [1.29, 1.82) is 0 Å². The second-order valence-corrected chi connectivity index (χ2v) is 6.91. The quantitative estimate of drug-likeness (QED) is 0.688. The van der Waals surface area contributed by atoms with Crippen molar-refractivity contribution in [1.82, 2.24) is 9.55 Å². The molecule has 0 fully saturated rings. The third kappa shape index (κ3) is 2.93. The summed E-state index contributed by atoms with van der Waals surface area (Å²) in [5.41, 5.74) is 3.87. The lowest BCUT2D eigenvalue weighted by molar-refractivity contribution is -0.143. The molecule has 1 aliphatic rings. The van der Waals surface area contributed by atoms with E-state index in [1.165, 1.54) is 0 Å². The van der Waals surface area contributed by atoms with E-state index in [0.29, 0.717) is 17.2 Å². The first kappa shape index (κ1) is 17.1. The second kappa shape index (κ2) is 6.46. The number of phenolic OH excluding ortho intramolecular Hbond substituents is 1. The van der Waals surface area contributed by atoms with Crippen LogP contribution in [0.25, 0.3) is 11.0 Å². The van der Waals surface area contributed by atoms with Gasteiger partial charge in [-0.05, 0) is 50.6 Å². The zero-order chi connectivity index (χ0) is 19.1. The predicted octanol–water partition coefficient (Wildman–Crippen LogP) is 3.98. The normalized spacial score (nSPS) is 16.4. The van der Waals surface area contributed by atoms with Gasteiger partial charge in [0.1, 0.15) is 5.75 Å². The Morgan fingerprint density at radius 2 is 1.89 bits per heavy atom. The van der Waals surface area contributed by atoms with Crippen LogP contribution in [-0.2, 0) is 9.53 Å². The number of carbonyl (C=O) groups is 1. The first-order valence-electron chi connectivity index (χ1n) is 8.90. The Balaban J connectivity index is 1.95. The highest BCUT2D eigenvalue weighted by molar-refractivity contribution is 5.94. The fourth-order valence-electron chi connectivity index (χ4n) is 3.48. The van der Waals surface area contributed by atoms with E-state index in [-0.39, 0.29) is 17.8 Å². The Morgan fingerprint density at radius 1 is 1.19 bits per heavy atom. The van der Waals surface area contributed by atoms with Gasteiger partial charge in [-0.15, -0.1) is 0 Å². The summed E-state index contributed by atoms with van der Waals surface area (Å²) in [7, 11) is 0. The molecule has 0 saturated heterocycles. The molecule has 138 valence electrons. The van der Waals surface area contributed by atoms with E-state index in [1.54, 1.807) is 12.1 Å². The van der Waals surface area contributed by atoms with E-state index >= 15 is 0 Å². The molecule has 2 N–H and O–H groups in total. The van der Waals surface area contributed by atoms with Gasteiger partial charge in [0.2, 0.25) is 5.95 Å². The smallest absolute Gasteiger partial charge is 0.338 e. The number of imidazole rings is 1. The first-order chi connectivity index (χ1) is 13.0. The van der Waals surface area contributed by atoms with Crippen LogP contribution in [0.5, 0.6) is 5.75 Å². The molecule has 0 radical (unpaired) electrons. The van der Waals surface area contributed by atoms with E-state index < -0.39 is 6.04 Å². The molecular formula is C21H21N3O3. The summed E-state index contributed by atoms with van der Waals surface area (Å²) >= 11 is 0. The Labute approximate surface area is 157 Å². The molecule has 0 spiro atoms. The van der Waals surface area contributed by atoms with Crippen LogP contribution < -0.4 is 5.32 Å². The summed E-state index contributed by atoms with van der Waals surface area (Å²) < 4.78 is 7.52. The minimum atomic E-state index is -0.402. The highest BCUT2D eigenvalue weighted by Crippen LogP contribution is 2.39. The molecule has 1 aliphatic heterocycles. The molecule has 4 rings (SSSR count). The van der Waals surface area contributed by atoms with Crippen molar-refractivity contribution < 1.29 is 14.6 Å². The largest absolute Gasteiger partial charge is 0.508 e. The van der Waals surface area contributed by atoms with Crippen LogP contribution in [0.1, 0.15) is 32.4 Å². The molecule has 2 heterocycles. The minimum absolute atomic E-state index is 0.176. The van der Waals surface area contributed by atoms with Crippen molar-refractivity contribution in [2.45, 2.75) is 32.9 Å². The van der Waals surface area contributed by atoms with Crippen LogP contribution in [0.3, 0.4) is 0 Å². The highest BCUT2D eigenvalue weighted by atomic mass is 16.5. The van der Waals surface area contributed by atoms with Gasteiger partial charge in [-0.3, -0.25) is 4.57 Å². The number of rotatable bonds is 3. The monoisotopic (exact) mass is 363 g/mol. The average molecular weight is 363 g/mol. The zero-order valence-corrected chi connectivity index (χ0v) is 15.4. The Hall–Kier alpha value is -3.28. The molecule has 6 heteroatoms. The summed E-state index contributed by atoms with van der Waals surface area (Å²) in [5, 5.41) is 12.9. The van der Waals surface area contributed by atoms with Gasteiger partial charge >= 0.3 is 5.97 Å². The summed E-state index contributed by atoms with van der Waals surface area (Å²) in [4.78, 5) is 17.6. The number of benzene rings is 2. The van der Waals surface area contributed by atoms with E-state index in [2.05, 4.69) is 10.3 Å². The third-order valence-electron chi connectivity index (χ3n) is 4.60. The minimum Gasteiger partial charge on any atom is -0.508 e. The fraction of sp³-hybridized carbons (Fsp3) is 0.238. The predicted molar refractivity (Wildman–Crippen MR) is 104 cm³/mol.